The van der Waals surface area contributed by atoms with Gasteiger partial charge in [0.2, 0.25) is 5.82 Å². The third kappa shape index (κ3) is 3.91. The molecule has 1 rings (SSSR count). The van der Waals surface area contributed by atoms with Crippen LogP contribution in [0.3, 0.4) is 0 Å². The van der Waals surface area contributed by atoms with Crippen LogP contribution < -0.4 is 5.32 Å². The summed E-state index contributed by atoms with van der Waals surface area (Å²) in [6.07, 6.45) is 1.13. The first-order valence-electron chi connectivity index (χ1n) is 5.81. The van der Waals surface area contributed by atoms with Crippen LogP contribution in [0.1, 0.15) is 19.5 Å². The summed E-state index contributed by atoms with van der Waals surface area (Å²) >= 11 is 0. The maximum absolute atomic E-state index is 11.2. The lowest BCUT2D eigenvalue weighted by molar-refractivity contribution is -0.384. The fourth-order valence-corrected chi connectivity index (χ4v) is 2.88. The van der Waals surface area contributed by atoms with Crippen molar-refractivity contribution in [2.45, 2.75) is 33.4 Å². The number of hydrogen-bond acceptors (Lipinski definition) is 6. The molecule has 19 heavy (non-hydrogen) atoms. The van der Waals surface area contributed by atoms with Crippen molar-refractivity contribution in [2.24, 2.45) is 0 Å². The Bertz CT molecular complexity index is 579. The number of sulfone groups is 1. The first kappa shape index (κ1) is 15.4. The Hall–Kier alpha value is -1.64. The molecule has 0 saturated heterocycles. The fourth-order valence-electron chi connectivity index (χ4n) is 1.89. The molecule has 9 heteroatoms. The molecular weight excluding hydrogens is 272 g/mol. The van der Waals surface area contributed by atoms with Crippen LogP contribution in [-0.2, 0) is 16.4 Å². The quantitative estimate of drug-likeness (QED) is 0.617. The van der Waals surface area contributed by atoms with Gasteiger partial charge < -0.3 is 5.32 Å². The van der Waals surface area contributed by atoms with E-state index in [1.807, 2.05) is 6.92 Å². The van der Waals surface area contributed by atoms with Gasteiger partial charge in [0.15, 0.2) is 0 Å². The molecule has 0 aliphatic carbocycles. The van der Waals surface area contributed by atoms with E-state index in [9.17, 15) is 18.5 Å². The largest absolute Gasteiger partial charge is 0.361 e. The van der Waals surface area contributed by atoms with E-state index in [1.54, 1.807) is 13.8 Å². The fraction of sp³-hybridized carbons (Fsp3) is 0.700. The van der Waals surface area contributed by atoms with Gasteiger partial charge in [-0.3, -0.25) is 10.1 Å². The van der Waals surface area contributed by atoms with Crippen molar-refractivity contribution in [3.8, 4) is 0 Å². The van der Waals surface area contributed by atoms with Gasteiger partial charge in [-0.1, -0.05) is 0 Å². The van der Waals surface area contributed by atoms with E-state index in [0.29, 0.717) is 12.2 Å². The van der Waals surface area contributed by atoms with Crippen LogP contribution in [0.2, 0.25) is 0 Å². The lowest BCUT2D eigenvalue weighted by atomic mass is 10.3. The molecule has 0 radical (unpaired) electrons. The molecule has 0 amide bonds. The summed E-state index contributed by atoms with van der Waals surface area (Å²) in [6, 6.07) is -0.435. The first-order chi connectivity index (χ1) is 8.65. The van der Waals surface area contributed by atoms with E-state index >= 15 is 0 Å². The molecule has 1 aromatic heterocycles. The van der Waals surface area contributed by atoms with Crippen molar-refractivity contribution in [3.05, 3.63) is 15.8 Å². The topological polar surface area (TPSA) is 107 Å². The van der Waals surface area contributed by atoms with Gasteiger partial charge in [-0.25, -0.2) is 13.1 Å². The molecule has 0 aromatic carbocycles. The maximum Gasteiger partial charge on any atom is 0.333 e. The second-order valence-electron chi connectivity index (χ2n) is 4.49. The Morgan fingerprint density at radius 2 is 2.11 bits per heavy atom. The predicted molar refractivity (Wildman–Crippen MR) is 72.1 cm³/mol. The van der Waals surface area contributed by atoms with Gasteiger partial charge in [0.1, 0.15) is 15.5 Å². The molecule has 0 fully saturated rings. The Kier molecular flexibility index (Phi) is 4.51. The third-order valence-corrected chi connectivity index (χ3v) is 3.62. The van der Waals surface area contributed by atoms with Crippen LogP contribution in [-0.4, -0.2) is 41.2 Å². The average molecular weight is 290 g/mol. The number of aryl methyl sites for hydroxylation is 2. The summed E-state index contributed by atoms with van der Waals surface area (Å²) in [6.45, 7) is 5.48. The molecule has 1 heterocycles. The van der Waals surface area contributed by atoms with E-state index < -0.39 is 20.8 Å². The summed E-state index contributed by atoms with van der Waals surface area (Å²) in [5, 5.41) is 18.0. The van der Waals surface area contributed by atoms with E-state index in [1.165, 1.54) is 4.68 Å². The zero-order valence-electron chi connectivity index (χ0n) is 11.4. The molecule has 1 unspecified atom stereocenters. The van der Waals surface area contributed by atoms with Crippen LogP contribution in [0, 0.1) is 17.0 Å². The van der Waals surface area contributed by atoms with Gasteiger partial charge in [0, 0.05) is 18.8 Å². The van der Waals surface area contributed by atoms with Crippen LogP contribution in [0.15, 0.2) is 0 Å². The van der Waals surface area contributed by atoms with Gasteiger partial charge in [0.25, 0.3) is 0 Å². The van der Waals surface area contributed by atoms with Crippen molar-refractivity contribution in [1.29, 1.82) is 0 Å². The number of nitrogens with zero attached hydrogens (tertiary/aromatic N) is 3. The van der Waals surface area contributed by atoms with Crippen molar-refractivity contribution in [3.63, 3.8) is 0 Å². The normalized spacial score (nSPS) is 13.3. The van der Waals surface area contributed by atoms with Crippen molar-refractivity contribution in [1.82, 2.24) is 9.78 Å². The Morgan fingerprint density at radius 1 is 1.53 bits per heavy atom. The van der Waals surface area contributed by atoms with E-state index in [2.05, 4.69) is 10.4 Å². The summed E-state index contributed by atoms with van der Waals surface area (Å²) in [7, 11) is -3.15. The molecule has 0 aliphatic heterocycles. The summed E-state index contributed by atoms with van der Waals surface area (Å²) in [5.74, 6) is 0.152. The zero-order chi connectivity index (χ0) is 14.8. The lowest BCUT2D eigenvalue weighted by Gasteiger charge is -2.14. The van der Waals surface area contributed by atoms with Gasteiger partial charge in [-0.15, -0.1) is 0 Å². The standard InChI is InChI=1S/C10H18N4O4S/c1-5-13-10(9(14(15)16)8(3)12-13)11-7(2)6-19(4,17)18/h7,11H,5-6H2,1-4H3. The SMILES string of the molecule is CCn1nc(C)c([N+](=O)[O-])c1NC(C)CS(C)(=O)=O. The number of nitrogens with one attached hydrogen (secondary N) is 1. The maximum atomic E-state index is 11.2. The molecule has 0 saturated carbocycles. The molecule has 1 atom stereocenters. The highest BCUT2D eigenvalue weighted by Crippen LogP contribution is 2.28. The number of hydrogen-bond donors (Lipinski definition) is 1. The molecule has 1 aromatic rings. The van der Waals surface area contributed by atoms with Crippen LogP contribution >= 0.6 is 0 Å². The summed E-state index contributed by atoms with van der Waals surface area (Å²) < 4.78 is 23.9. The molecular formula is C10H18N4O4S. The van der Waals surface area contributed by atoms with E-state index in [-0.39, 0.29) is 17.3 Å². The average Bonchev–Trinajstić information content (AvgIpc) is 2.51. The van der Waals surface area contributed by atoms with Gasteiger partial charge in [-0.2, -0.15) is 5.10 Å². The summed E-state index contributed by atoms with van der Waals surface area (Å²) in [5.41, 5.74) is 0.197. The molecule has 8 nitrogen and oxygen atoms in total. The minimum absolute atomic E-state index is 0.0991. The van der Waals surface area contributed by atoms with E-state index in [4.69, 9.17) is 0 Å². The molecule has 1 N–H and O–H groups in total. The number of nitro groups is 1. The molecule has 108 valence electrons. The zero-order valence-corrected chi connectivity index (χ0v) is 12.2. The minimum Gasteiger partial charge on any atom is -0.361 e. The highest BCUT2D eigenvalue weighted by molar-refractivity contribution is 7.90. The molecule has 0 aliphatic rings. The van der Waals surface area contributed by atoms with Crippen LogP contribution in [0.25, 0.3) is 0 Å². The van der Waals surface area contributed by atoms with Crippen LogP contribution in [0.4, 0.5) is 11.5 Å². The number of anilines is 1. The summed E-state index contributed by atoms with van der Waals surface area (Å²) in [4.78, 5) is 10.5. The molecule has 0 bridgehead atoms. The lowest BCUT2D eigenvalue weighted by Crippen LogP contribution is -2.26. The van der Waals surface area contributed by atoms with Crippen LogP contribution in [0.5, 0.6) is 0 Å². The second kappa shape index (κ2) is 5.55. The van der Waals surface area contributed by atoms with Gasteiger partial charge in [0.05, 0.1) is 10.7 Å². The monoisotopic (exact) mass is 290 g/mol. The van der Waals surface area contributed by atoms with Crippen molar-refractivity contribution < 1.29 is 13.3 Å². The molecule has 0 spiro atoms. The van der Waals surface area contributed by atoms with Gasteiger partial charge >= 0.3 is 5.69 Å². The minimum atomic E-state index is -3.15. The smallest absolute Gasteiger partial charge is 0.333 e. The highest BCUT2D eigenvalue weighted by Gasteiger charge is 2.26. The number of rotatable bonds is 6. The third-order valence-electron chi connectivity index (χ3n) is 2.51. The van der Waals surface area contributed by atoms with Crippen molar-refractivity contribution >= 4 is 21.3 Å². The van der Waals surface area contributed by atoms with Crippen molar-refractivity contribution in [2.75, 3.05) is 17.3 Å². The number of aromatic nitrogens is 2. The first-order valence-corrected chi connectivity index (χ1v) is 7.87. The Balaban J connectivity index is 3.08. The van der Waals surface area contributed by atoms with E-state index in [0.717, 1.165) is 6.26 Å². The highest BCUT2D eigenvalue weighted by atomic mass is 32.2. The Labute approximate surface area is 111 Å². The second-order valence-corrected chi connectivity index (χ2v) is 6.68. The van der Waals surface area contributed by atoms with Gasteiger partial charge in [-0.05, 0) is 20.8 Å². The predicted octanol–water partition coefficient (Wildman–Crippen LogP) is 0.965. The Morgan fingerprint density at radius 3 is 2.53 bits per heavy atom.